The van der Waals surface area contributed by atoms with E-state index in [1.54, 1.807) is 0 Å². The van der Waals surface area contributed by atoms with Gasteiger partial charge in [-0.1, -0.05) is 382 Å². The van der Waals surface area contributed by atoms with Crippen molar-refractivity contribution < 1.29 is 0 Å². The van der Waals surface area contributed by atoms with Gasteiger partial charge in [-0.05, 0) is 302 Å². The maximum Gasteiger partial charge on any atom is 0.0468 e. The number of benzene rings is 23. The Morgan fingerprint density at radius 2 is 0.435 bits per heavy atom. The van der Waals surface area contributed by atoms with Crippen molar-refractivity contribution in [3.63, 3.8) is 0 Å². The second-order valence-corrected chi connectivity index (χ2v) is 32.6. The first kappa shape index (κ1) is 74.3. The highest BCUT2D eigenvalue weighted by Gasteiger charge is 2.27. The Labute approximate surface area is 723 Å². The summed E-state index contributed by atoms with van der Waals surface area (Å²) in [7, 11) is 0. The molecule has 2 nitrogen and oxygen atoms in total. The van der Waals surface area contributed by atoms with E-state index in [1.165, 1.54) is 197 Å². The largest absolute Gasteiger partial charge is 0.310 e. The number of nitrogens with zero attached hydrogens (tertiary/aromatic N) is 2. The summed E-state index contributed by atoms with van der Waals surface area (Å²) >= 11 is 0. The maximum atomic E-state index is 2.46. The molecule has 0 heterocycles. The number of rotatable bonds is 14. The summed E-state index contributed by atoms with van der Waals surface area (Å²) in [4.78, 5) is 4.77. The van der Waals surface area contributed by atoms with E-state index in [2.05, 4.69) is 497 Å². The summed E-state index contributed by atoms with van der Waals surface area (Å²) in [5.74, 6) is 0. The lowest BCUT2D eigenvalue weighted by atomic mass is 9.81. The Hall–Kier alpha value is -16.0. The summed E-state index contributed by atoms with van der Waals surface area (Å²) in [6, 6.07) is 174. The van der Waals surface area contributed by atoms with Crippen LogP contribution in [0.5, 0.6) is 0 Å². The van der Waals surface area contributed by atoms with Gasteiger partial charge in [0.1, 0.15) is 0 Å². The van der Waals surface area contributed by atoms with Gasteiger partial charge < -0.3 is 9.80 Å². The molecule has 0 aliphatic rings. The van der Waals surface area contributed by atoms with Crippen molar-refractivity contribution in [3.8, 4) is 89.0 Å². The second kappa shape index (κ2) is 31.9. The molecule has 23 aromatic carbocycles. The lowest BCUT2D eigenvalue weighted by molar-refractivity contribution is 1.26. The molecule has 0 aliphatic heterocycles. The summed E-state index contributed by atoms with van der Waals surface area (Å²) in [5.41, 5.74) is 28.6. The molecule has 0 atom stereocenters. The average molecular weight is 1580 g/mol. The molecule has 0 spiro atoms. The van der Waals surface area contributed by atoms with Gasteiger partial charge in [-0.25, -0.2) is 0 Å². The molecule has 582 valence electrons. The van der Waals surface area contributed by atoms with Gasteiger partial charge in [0.25, 0.3) is 0 Å². The van der Waals surface area contributed by atoms with E-state index in [1.807, 2.05) is 0 Å². The van der Waals surface area contributed by atoms with Crippen molar-refractivity contribution in [2.75, 3.05) is 9.80 Å². The Kier molecular flexibility index (Phi) is 19.1. The third-order valence-electron chi connectivity index (χ3n) is 25.1. The van der Waals surface area contributed by atoms with Gasteiger partial charge in [-0.2, -0.15) is 0 Å². The molecule has 0 saturated heterocycles. The molecule has 0 saturated carbocycles. The van der Waals surface area contributed by atoms with Crippen molar-refractivity contribution in [1.29, 1.82) is 0 Å². The minimum absolute atomic E-state index is 1.11. The van der Waals surface area contributed by atoms with Gasteiger partial charge in [0.15, 0.2) is 0 Å². The Bertz CT molecular complexity index is 7920. The van der Waals surface area contributed by atoms with E-state index in [-0.39, 0.29) is 0 Å². The molecule has 0 unspecified atom stereocenters. The monoisotopic (exact) mass is 1580 g/mol. The molecular formula is C122H84N2. The summed E-state index contributed by atoms with van der Waals surface area (Å²) in [6.07, 6.45) is 0. The zero-order valence-electron chi connectivity index (χ0n) is 68.9. The number of hydrogen-bond donors (Lipinski definition) is 0. The molecule has 0 amide bonds. The van der Waals surface area contributed by atoms with Crippen LogP contribution in [0.15, 0.2) is 473 Å². The molecule has 23 aromatic rings. The van der Waals surface area contributed by atoms with Gasteiger partial charge in [0, 0.05) is 34.1 Å². The maximum absolute atomic E-state index is 2.46. The number of para-hydroxylation sites is 2. The van der Waals surface area contributed by atoms with E-state index in [0.717, 1.165) is 34.1 Å². The minimum Gasteiger partial charge on any atom is -0.310 e. The molecule has 0 radical (unpaired) electrons. The van der Waals surface area contributed by atoms with Crippen LogP contribution in [0.25, 0.3) is 186 Å². The second-order valence-electron chi connectivity index (χ2n) is 32.6. The predicted molar refractivity (Wildman–Crippen MR) is 533 cm³/mol. The first-order valence-electron chi connectivity index (χ1n) is 42.9. The van der Waals surface area contributed by atoms with Crippen LogP contribution in [-0.2, 0) is 0 Å². The molecule has 0 aliphatic carbocycles. The molecule has 124 heavy (non-hydrogen) atoms. The molecule has 0 N–H and O–H groups in total. The van der Waals surface area contributed by atoms with Crippen molar-refractivity contribution in [1.82, 2.24) is 0 Å². The topological polar surface area (TPSA) is 6.48 Å². The average Bonchev–Trinajstić information content (AvgIpc) is 0.710. The van der Waals surface area contributed by atoms with Gasteiger partial charge in [-0.3, -0.25) is 0 Å². The van der Waals surface area contributed by atoms with Crippen LogP contribution >= 0.6 is 0 Å². The number of hydrogen-bond acceptors (Lipinski definition) is 2. The third kappa shape index (κ3) is 13.4. The fraction of sp³-hybridized carbons (Fsp3) is 0.0164. The zero-order valence-corrected chi connectivity index (χ0v) is 68.9. The Balaban J connectivity index is 0.000000148. The highest BCUT2D eigenvalue weighted by atomic mass is 15.1. The third-order valence-corrected chi connectivity index (χ3v) is 25.1. The van der Waals surface area contributed by atoms with Crippen molar-refractivity contribution in [2.24, 2.45) is 0 Å². The van der Waals surface area contributed by atoms with Crippen molar-refractivity contribution in [3.05, 3.63) is 484 Å². The van der Waals surface area contributed by atoms with Gasteiger partial charge in [0.05, 0.1) is 0 Å². The molecule has 0 fully saturated rings. The first-order valence-corrected chi connectivity index (χ1v) is 42.9. The molecular weight excluding hydrogens is 1490 g/mol. The SMILES string of the molecule is Cc1cccc(N(c2cccc(C)c2)c2ccc3c(c2)c2ccccc2c2c(-c4ccccc4)cc(-c4ccc(-c5cc6ccccc6c6ccccc56)cc4)c(-c4ccccc4)c32)c1.c1ccc(-c2cc(-c3ccc(-c4cccc5ccccc45)cc3)c(-c3ccccc3)c3c4ccc(N(c5ccccc5)c5ccccc5)cc4c4ccccc4c23)cc1. The van der Waals surface area contributed by atoms with Gasteiger partial charge in [0.2, 0.25) is 0 Å². The van der Waals surface area contributed by atoms with Gasteiger partial charge in [-0.15, -0.1) is 0 Å². The van der Waals surface area contributed by atoms with Crippen LogP contribution in [0.3, 0.4) is 0 Å². The fourth-order valence-electron chi connectivity index (χ4n) is 19.5. The first-order chi connectivity index (χ1) is 61.4. The Morgan fingerprint density at radius 1 is 0.137 bits per heavy atom. The molecule has 0 aromatic heterocycles. The van der Waals surface area contributed by atoms with E-state index in [9.17, 15) is 0 Å². The lowest BCUT2D eigenvalue weighted by Gasteiger charge is -2.27. The van der Waals surface area contributed by atoms with Crippen molar-refractivity contribution >= 4 is 131 Å². The fourth-order valence-corrected chi connectivity index (χ4v) is 19.5. The summed E-state index contributed by atoms with van der Waals surface area (Å²) < 4.78 is 0. The highest BCUT2D eigenvalue weighted by molar-refractivity contribution is 6.35. The van der Waals surface area contributed by atoms with E-state index < -0.39 is 0 Å². The standard InChI is InChI=1S/C64H45N.C58H39N/c1-42-17-15-24-49(37-42)65(50-25-16-18-43(2)38-50)51-35-36-57-61(40-51)55-29-13-14-30-56(55)63-60(44-19-5-3-6-20-44)41-59(62(64(57)63)47-21-7-4-8-22-47)46-33-31-45(32-34-46)58-39-48-23-9-10-26-52(48)53-27-11-12-28-54(53)58;1-5-18-41(19-6-1)54-39-53(43-34-32-42(33-35-43)49-31-17-23-40-20-13-14-28-48(40)49)56(44-21-7-2-8-22-44)58-52-37-36-47(38-55(52)50-29-15-16-30-51(50)57(54)58)59(45-24-9-3-10-25-45)46-26-11-4-12-27-46/h3-41H,1-2H3;1-39H. The number of aryl methyl sites for hydroxylation is 2. The molecule has 2 heteroatoms. The van der Waals surface area contributed by atoms with Crippen LogP contribution in [-0.4, -0.2) is 0 Å². The van der Waals surface area contributed by atoms with E-state index in [4.69, 9.17) is 0 Å². The van der Waals surface area contributed by atoms with Crippen LogP contribution in [0.1, 0.15) is 11.1 Å². The van der Waals surface area contributed by atoms with E-state index in [0.29, 0.717) is 0 Å². The summed E-state index contributed by atoms with van der Waals surface area (Å²) in [5, 5.41) is 22.5. The zero-order chi connectivity index (χ0) is 82.6. The Morgan fingerprint density at radius 3 is 0.879 bits per heavy atom. The number of fused-ring (bicyclic) bond motifs is 16. The normalized spacial score (nSPS) is 11.5. The summed E-state index contributed by atoms with van der Waals surface area (Å²) in [6.45, 7) is 4.34. The van der Waals surface area contributed by atoms with Crippen LogP contribution < -0.4 is 9.80 Å². The minimum atomic E-state index is 1.11. The van der Waals surface area contributed by atoms with Crippen molar-refractivity contribution in [2.45, 2.75) is 13.8 Å². The van der Waals surface area contributed by atoms with E-state index >= 15 is 0 Å². The van der Waals surface area contributed by atoms with Gasteiger partial charge >= 0.3 is 0 Å². The quantitative estimate of drug-likeness (QED) is 0.100. The molecule has 23 rings (SSSR count). The van der Waals surface area contributed by atoms with Crippen LogP contribution in [0, 0.1) is 13.8 Å². The van der Waals surface area contributed by atoms with Crippen LogP contribution in [0.4, 0.5) is 34.1 Å². The van der Waals surface area contributed by atoms with Crippen LogP contribution in [0.2, 0.25) is 0 Å². The lowest BCUT2D eigenvalue weighted by Crippen LogP contribution is -2.10. The predicted octanol–water partition coefficient (Wildman–Crippen LogP) is 34.6. The number of anilines is 6. The highest BCUT2D eigenvalue weighted by Crippen LogP contribution is 2.54. The smallest absolute Gasteiger partial charge is 0.0468 e. The molecule has 0 bridgehead atoms.